The van der Waals surface area contributed by atoms with Crippen molar-refractivity contribution in [3.63, 3.8) is 0 Å². The minimum Gasteiger partial charge on any atom is -0.453 e. The molecule has 1 N–H and O–H groups in total. The molecule has 104 valence electrons. The summed E-state index contributed by atoms with van der Waals surface area (Å²) in [5.41, 5.74) is 0. The van der Waals surface area contributed by atoms with Gasteiger partial charge in [-0.1, -0.05) is 37.8 Å². The van der Waals surface area contributed by atoms with Crippen LogP contribution in [-0.4, -0.2) is 19.2 Å². The molecule has 0 heterocycles. The summed E-state index contributed by atoms with van der Waals surface area (Å²) in [6.45, 7) is 7.42. The van der Waals surface area contributed by atoms with Gasteiger partial charge in [-0.05, 0) is 25.7 Å². The van der Waals surface area contributed by atoms with Gasteiger partial charge in [-0.2, -0.15) is 0 Å². The van der Waals surface area contributed by atoms with Crippen molar-refractivity contribution in [3.8, 4) is 0 Å². The summed E-state index contributed by atoms with van der Waals surface area (Å²) >= 11 is 0. The van der Waals surface area contributed by atoms with Gasteiger partial charge in [0.2, 0.25) is 0 Å². The van der Waals surface area contributed by atoms with Crippen LogP contribution in [0.1, 0.15) is 51.4 Å². The second-order valence-electron chi connectivity index (χ2n) is 4.49. The number of carbonyl (C=O) groups excluding carboxylic acids is 1. The van der Waals surface area contributed by atoms with E-state index in [9.17, 15) is 4.79 Å². The largest absolute Gasteiger partial charge is 0.453 e. The first-order valence-corrected chi connectivity index (χ1v) is 6.80. The quantitative estimate of drug-likeness (QED) is 0.442. The van der Waals surface area contributed by atoms with Crippen LogP contribution in [0.25, 0.3) is 0 Å². The highest BCUT2D eigenvalue weighted by Gasteiger charge is 2.10. The lowest BCUT2D eigenvalue weighted by Crippen LogP contribution is -2.34. The molecular formula is C15H27NO2. The molecule has 0 spiro atoms. The van der Waals surface area contributed by atoms with E-state index in [4.69, 9.17) is 0 Å². The first kappa shape index (κ1) is 16.8. The number of ether oxygens (including phenoxy) is 1. The Morgan fingerprint density at radius 2 is 1.83 bits per heavy atom. The van der Waals surface area contributed by atoms with Crippen molar-refractivity contribution >= 4 is 6.09 Å². The van der Waals surface area contributed by atoms with E-state index in [1.54, 1.807) is 0 Å². The Hall–Kier alpha value is -1.25. The van der Waals surface area contributed by atoms with Crippen LogP contribution in [-0.2, 0) is 4.74 Å². The smallest absolute Gasteiger partial charge is 0.407 e. The molecule has 0 saturated carbocycles. The molecule has 0 aromatic rings. The molecule has 0 aliphatic carbocycles. The zero-order valence-corrected chi connectivity index (χ0v) is 11.6. The number of rotatable bonds is 11. The van der Waals surface area contributed by atoms with Crippen LogP contribution in [0.5, 0.6) is 0 Å². The maximum absolute atomic E-state index is 11.1. The van der Waals surface area contributed by atoms with Gasteiger partial charge in [-0.25, -0.2) is 4.79 Å². The van der Waals surface area contributed by atoms with Crippen LogP contribution in [0.15, 0.2) is 25.3 Å². The number of methoxy groups -OCH3 is 1. The fraction of sp³-hybridized carbons (Fsp3) is 0.667. The Balaban J connectivity index is 3.60. The number of unbranched alkanes of at least 4 members (excludes halogenated alkanes) is 5. The second kappa shape index (κ2) is 12.2. The maximum Gasteiger partial charge on any atom is 0.407 e. The van der Waals surface area contributed by atoms with Crippen molar-refractivity contribution in [1.29, 1.82) is 0 Å². The summed E-state index contributed by atoms with van der Waals surface area (Å²) in [6.07, 6.45) is 12.5. The molecule has 0 fully saturated rings. The summed E-state index contributed by atoms with van der Waals surface area (Å²) in [7, 11) is 1.39. The lowest BCUT2D eigenvalue weighted by Gasteiger charge is -2.16. The SMILES string of the molecule is C=CCCCCCCCC(CC=C)NC(=O)OC. The van der Waals surface area contributed by atoms with Crippen LogP contribution < -0.4 is 5.32 Å². The molecule has 1 unspecified atom stereocenters. The normalized spacial score (nSPS) is 11.6. The maximum atomic E-state index is 11.1. The third-order valence-electron chi connectivity index (χ3n) is 2.92. The standard InChI is InChI=1S/C15H27NO2/c1-4-6-7-8-9-10-11-13-14(12-5-2)16-15(17)18-3/h4-5,14H,1-2,6-13H2,3H3,(H,16,17). The minimum absolute atomic E-state index is 0.156. The van der Waals surface area contributed by atoms with Gasteiger partial charge in [0.05, 0.1) is 7.11 Å². The van der Waals surface area contributed by atoms with E-state index in [0.717, 1.165) is 25.7 Å². The van der Waals surface area contributed by atoms with Crippen molar-refractivity contribution in [3.05, 3.63) is 25.3 Å². The molecule has 0 bridgehead atoms. The number of alkyl carbamates (subject to hydrolysis) is 1. The third kappa shape index (κ3) is 9.94. The number of hydrogen-bond acceptors (Lipinski definition) is 2. The Labute approximate surface area is 111 Å². The van der Waals surface area contributed by atoms with Crippen molar-refractivity contribution in [2.75, 3.05) is 7.11 Å². The lowest BCUT2D eigenvalue weighted by molar-refractivity contribution is 0.165. The van der Waals surface area contributed by atoms with Crippen LogP contribution in [0.3, 0.4) is 0 Å². The van der Waals surface area contributed by atoms with Gasteiger partial charge >= 0.3 is 6.09 Å². The Kier molecular flexibility index (Phi) is 11.4. The van der Waals surface area contributed by atoms with Gasteiger partial charge in [0.15, 0.2) is 0 Å². The summed E-state index contributed by atoms with van der Waals surface area (Å²) in [4.78, 5) is 11.1. The van der Waals surface area contributed by atoms with E-state index in [2.05, 4.69) is 23.2 Å². The molecule has 18 heavy (non-hydrogen) atoms. The summed E-state index contributed by atoms with van der Waals surface area (Å²) in [5, 5.41) is 2.83. The van der Waals surface area contributed by atoms with Crippen molar-refractivity contribution in [2.45, 2.75) is 57.4 Å². The zero-order valence-electron chi connectivity index (χ0n) is 11.6. The second-order valence-corrected chi connectivity index (χ2v) is 4.49. The number of hydrogen-bond donors (Lipinski definition) is 1. The average molecular weight is 253 g/mol. The van der Waals surface area contributed by atoms with Gasteiger partial charge in [0.25, 0.3) is 0 Å². The predicted molar refractivity (Wildman–Crippen MR) is 76.7 cm³/mol. The van der Waals surface area contributed by atoms with E-state index in [-0.39, 0.29) is 12.1 Å². The Morgan fingerprint density at radius 1 is 1.17 bits per heavy atom. The first-order chi connectivity index (χ1) is 8.74. The molecule has 3 nitrogen and oxygen atoms in total. The predicted octanol–water partition coefficient (Wildman–Crippen LogP) is 4.20. The number of carbonyl (C=O) groups is 1. The average Bonchev–Trinajstić information content (AvgIpc) is 2.37. The number of amides is 1. The highest BCUT2D eigenvalue weighted by Crippen LogP contribution is 2.11. The number of nitrogens with one attached hydrogen (secondary N) is 1. The van der Waals surface area contributed by atoms with Crippen LogP contribution in [0, 0.1) is 0 Å². The summed E-state index contributed by atoms with van der Waals surface area (Å²) < 4.78 is 4.61. The topological polar surface area (TPSA) is 38.3 Å². The van der Waals surface area contributed by atoms with Crippen molar-refractivity contribution in [2.24, 2.45) is 0 Å². The van der Waals surface area contributed by atoms with E-state index < -0.39 is 0 Å². The number of allylic oxidation sites excluding steroid dienone is 1. The molecule has 0 aromatic heterocycles. The highest BCUT2D eigenvalue weighted by molar-refractivity contribution is 5.67. The zero-order chi connectivity index (χ0) is 13.6. The molecule has 0 radical (unpaired) electrons. The van der Waals surface area contributed by atoms with Gasteiger partial charge in [0, 0.05) is 6.04 Å². The molecule has 0 aromatic carbocycles. The van der Waals surface area contributed by atoms with Crippen LogP contribution in [0.2, 0.25) is 0 Å². The molecule has 0 aliphatic heterocycles. The molecule has 1 amide bonds. The highest BCUT2D eigenvalue weighted by atomic mass is 16.5. The Bertz CT molecular complexity index is 239. The molecule has 3 heteroatoms. The fourth-order valence-electron chi connectivity index (χ4n) is 1.89. The molecule has 0 saturated heterocycles. The van der Waals surface area contributed by atoms with E-state index in [1.807, 2.05) is 12.2 Å². The monoisotopic (exact) mass is 253 g/mol. The lowest BCUT2D eigenvalue weighted by atomic mass is 10.0. The van der Waals surface area contributed by atoms with Crippen LogP contribution in [0.4, 0.5) is 4.79 Å². The fourth-order valence-corrected chi connectivity index (χ4v) is 1.89. The van der Waals surface area contributed by atoms with Gasteiger partial charge in [0.1, 0.15) is 0 Å². The van der Waals surface area contributed by atoms with Gasteiger partial charge in [-0.3, -0.25) is 0 Å². The first-order valence-electron chi connectivity index (χ1n) is 6.80. The van der Waals surface area contributed by atoms with E-state index >= 15 is 0 Å². The van der Waals surface area contributed by atoms with E-state index in [1.165, 1.54) is 32.8 Å². The molecular weight excluding hydrogens is 226 g/mol. The van der Waals surface area contributed by atoms with Gasteiger partial charge in [-0.15, -0.1) is 13.2 Å². The van der Waals surface area contributed by atoms with Crippen molar-refractivity contribution < 1.29 is 9.53 Å². The van der Waals surface area contributed by atoms with Crippen LogP contribution >= 0.6 is 0 Å². The van der Waals surface area contributed by atoms with Gasteiger partial charge < -0.3 is 10.1 Å². The molecule has 0 rings (SSSR count). The van der Waals surface area contributed by atoms with E-state index in [0.29, 0.717) is 0 Å². The molecule has 1 atom stereocenters. The van der Waals surface area contributed by atoms with Crippen molar-refractivity contribution in [1.82, 2.24) is 5.32 Å². The molecule has 0 aliphatic rings. The third-order valence-corrected chi connectivity index (χ3v) is 2.92. The minimum atomic E-state index is -0.354. The Morgan fingerprint density at radius 3 is 2.44 bits per heavy atom. The summed E-state index contributed by atoms with van der Waals surface area (Å²) in [5.74, 6) is 0. The summed E-state index contributed by atoms with van der Waals surface area (Å²) in [6, 6.07) is 0.156.